The molecule has 2 heterocycles. The molecule has 2 aliphatic heterocycles. The van der Waals surface area contributed by atoms with Gasteiger partial charge in [-0.2, -0.15) is 0 Å². The molecule has 176 valence electrons. The first kappa shape index (κ1) is 24.1. The van der Waals surface area contributed by atoms with Crippen LogP contribution in [0.15, 0.2) is 30.3 Å². The Morgan fingerprint density at radius 1 is 1.19 bits per heavy atom. The van der Waals surface area contributed by atoms with Crippen LogP contribution < -0.4 is 5.32 Å². The third kappa shape index (κ3) is 5.81. The predicted octanol–water partition coefficient (Wildman–Crippen LogP) is 4.52. The Bertz CT molecular complexity index is 775. The van der Waals surface area contributed by atoms with E-state index in [0.29, 0.717) is 25.6 Å². The van der Waals surface area contributed by atoms with Crippen LogP contribution in [0.25, 0.3) is 0 Å². The molecule has 2 aliphatic rings. The van der Waals surface area contributed by atoms with Crippen molar-refractivity contribution in [2.75, 3.05) is 19.6 Å². The van der Waals surface area contributed by atoms with Crippen molar-refractivity contribution in [2.45, 2.75) is 77.4 Å². The molecule has 0 aliphatic carbocycles. The number of benzene rings is 1. The lowest BCUT2D eigenvalue weighted by Gasteiger charge is -2.27. The van der Waals surface area contributed by atoms with Crippen LogP contribution in [-0.4, -0.2) is 52.9 Å². The highest BCUT2D eigenvalue weighted by Gasteiger charge is 2.48. The van der Waals surface area contributed by atoms with Gasteiger partial charge in [0.15, 0.2) is 5.96 Å². The molecule has 2 fully saturated rings. The van der Waals surface area contributed by atoms with Crippen molar-refractivity contribution in [1.29, 1.82) is 5.41 Å². The number of carbonyl (C=O) groups is 2. The molecule has 7 nitrogen and oxygen atoms in total. The normalized spacial score (nSPS) is 20.0. The second kappa shape index (κ2) is 11.3. The number of likely N-dealkylation sites (tertiary alicyclic amines) is 1. The molecule has 0 bridgehead atoms. The molecule has 1 aromatic carbocycles. The standard InChI is InChI=1S/C25H38N4O3/c1-3-5-14-25(15-6-4-2)22(30)29(23(26)27-25)17-13-20-12-16-28(18-20)24(31)32-19-21-10-8-7-9-11-21/h7-11,20H,3-6,12-19H2,1-2H3,(H2,26,27). The summed E-state index contributed by atoms with van der Waals surface area (Å²) in [5.41, 5.74) is 0.372. The minimum atomic E-state index is -0.605. The van der Waals surface area contributed by atoms with Gasteiger partial charge in [-0.15, -0.1) is 0 Å². The van der Waals surface area contributed by atoms with E-state index in [1.807, 2.05) is 30.3 Å². The van der Waals surface area contributed by atoms with Gasteiger partial charge in [0.2, 0.25) is 0 Å². The summed E-state index contributed by atoms with van der Waals surface area (Å²) in [5.74, 6) is 0.613. The Kier molecular flexibility index (Phi) is 8.53. The summed E-state index contributed by atoms with van der Waals surface area (Å²) in [6.07, 6.45) is 7.01. The van der Waals surface area contributed by atoms with Crippen molar-refractivity contribution in [2.24, 2.45) is 5.92 Å². The highest BCUT2D eigenvalue weighted by atomic mass is 16.6. The number of hydrogen-bond donors (Lipinski definition) is 2. The van der Waals surface area contributed by atoms with Gasteiger partial charge in [-0.05, 0) is 37.2 Å². The summed E-state index contributed by atoms with van der Waals surface area (Å²) in [4.78, 5) is 29.1. The van der Waals surface area contributed by atoms with Crippen LogP contribution in [0.2, 0.25) is 0 Å². The van der Waals surface area contributed by atoms with Crippen molar-refractivity contribution < 1.29 is 14.3 Å². The lowest BCUT2D eigenvalue weighted by Crippen LogP contribution is -2.47. The Hall–Kier alpha value is -2.57. The predicted molar refractivity (Wildman–Crippen MR) is 125 cm³/mol. The van der Waals surface area contributed by atoms with Crippen LogP contribution in [0, 0.1) is 11.3 Å². The van der Waals surface area contributed by atoms with Crippen molar-refractivity contribution in [1.82, 2.24) is 15.1 Å². The highest BCUT2D eigenvalue weighted by Crippen LogP contribution is 2.30. The fourth-order valence-corrected chi connectivity index (χ4v) is 4.70. The summed E-state index contributed by atoms with van der Waals surface area (Å²) in [5, 5.41) is 11.6. The molecule has 0 spiro atoms. The first-order chi connectivity index (χ1) is 15.5. The van der Waals surface area contributed by atoms with Crippen molar-refractivity contribution in [3.63, 3.8) is 0 Å². The quantitative estimate of drug-likeness (QED) is 0.528. The van der Waals surface area contributed by atoms with Gasteiger partial charge < -0.3 is 15.0 Å². The molecular formula is C25H38N4O3. The lowest BCUT2D eigenvalue weighted by molar-refractivity contribution is -0.131. The SMILES string of the molecule is CCCCC1(CCCC)NC(=N)N(CCC2CCN(C(=O)OCc3ccccc3)C2)C1=O. The monoisotopic (exact) mass is 442 g/mol. The van der Waals surface area contributed by atoms with Crippen molar-refractivity contribution >= 4 is 18.0 Å². The molecule has 3 rings (SSSR count). The number of nitrogens with one attached hydrogen (secondary N) is 2. The maximum atomic E-state index is 13.3. The molecule has 0 saturated carbocycles. The molecule has 7 heteroatoms. The molecule has 2 saturated heterocycles. The minimum absolute atomic E-state index is 0.0570. The molecule has 1 unspecified atom stereocenters. The van der Waals surface area contributed by atoms with Gasteiger partial charge in [-0.1, -0.05) is 69.9 Å². The van der Waals surface area contributed by atoms with E-state index in [4.69, 9.17) is 10.1 Å². The zero-order valence-corrected chi connectivity index (χ0v) is 19.6. The Morgan fingerprint density at radius 3 is 2.53 bits per heavy atom. The van der Waals surface area contributed by atoms with E-state index in [2.05, 4.69) is 19.2 Å². The van der Waals surface area contributed by atoms with E-state index in [1.54, 1.807) is 9.80 Å². The summed E-state index contributed by atoms with van der Waals surface area (Å²) in [6, 6.07) is 9.68. The smallest absolute Gasteiger partial charge is 0.410 e. The summed E-state index contributed by atoms with van der Waals surface area (Å²) in [7, 11) is 0. The highest BCUT2D eigenvalue weighted by molar-refractivity contribution is 6.07. The molecule has 0 aromatic heterocycles. The topological polar surface area (TPSA) is 85.7 Å². The van der Waals surface area contributed by atoms with Crippen LogP contribution in [0.1, 0.15) is 70.8 Å². The molecule has 0 radical (unpaired) electrons. The Morgan fingerprint density at radius 2 is 1.88 bits per heavy atom. The largest absolute Gasteiger partial charge is 0.445 e. The number of amides is 2. The van der Waals surface area contributed by atoms with Crippen LogP contribution in [0.5, 0.6) is 0 Å². The van der Waals surface area contributed by atoms with E-state index < -0.39 is 5.54 Å². The fourth-order valence-electron chi connectivity index (χ4n) is 4.70. The number of rotatable bonds is 11. The number of ether oxygens (including phenoxy) is 1. The number of nitrogens with zero attached hydrogens (tertiary/aromatic N) is 2. The summed E-state index contributed by atoms with van der Waals surface area (Å²) < 4.78 is 5.45. The van der Waals surface area contributed by atoms with E-state index in [-0.39, 0.29) is 24.6 Å². The van der Waals surface area contributed by atoms with Crippen molar-refractivity contribution in [3.8, 4) is 0 Å². The Balaban J connectivity index is 1.48. The second-order valence-electron chi connectivity index (χ2n) is 9.15. The van der Waals surface area contributed by atoms with Gasteiger partial charge in [-0.25, -0.2) is 4.79 Å². The second-order valence-corrected chi connectivity index (χ2v) is 9.15. The zero-order valence-electron chi connectivity index (χ0n) is 19.6. The zero-order chi connectivity index (χ0) is 23.0. The number of carbonyl (C=O) groups excluding carboxylic acids is 2. The van der Waals surface area contributed by atoms with Crippen molar-refractivity contribution in [3.05, 3.63) is 35.9 Å². The average molecular weight is 443 g/mol. The fraction of sp³-hybridized carbons (Fsp3) is 0.640. The van der Waals surface area contributed by atoms with Gasteiger partial charge in [-0.3, -0.25) is 15.1 Å². The molecule has 1 atom stereocenters. The number of guanidine groups is 1. The van der Waals surface area contributed by atoms with E-state index >= 15 is 0 Å². The average Bonchev–Trinajstić information content (AvgIpc) is 3.37. The van der Waals surface area contributed by atoms with E-state index in [0.717, 1.165) is 56.9 Å². The van der Waals surface area contributed by atoms with Crippen LogP contribution >= 0.6 is 0 Å². The van der Waals surface area contributed by atoms with E-state index in [1.165, 1.54) is 0 Å². The maximum Gasteiger partial charge on any atom is 0.410 e. The first-order valence-electron chi connectivity index (χ1n) is 12.1. The van der Waals surface area contributed by atoms with Gasteiger partial charge in [0.05, 0.1) is 0 Å². The number of unbranched alkanes of at least 4 members (excludes halogenated alkanes) is 2. The third-order valence-electron chi connectivity index (χ3n) is 6.71. The number of hydrogen-bond acceptors (Lipinski definition) is 4. The summed E-state index contributed by atoms with van der Waals surface area (Å²) >= 11 is 0. The summed E-state index contributed by atoms with van der Waals surface area (Å²) in [6.45, 7) is 6.40. The molecule has 1 aromatic rings. The van der Waals surface area contributed by atoms with Gasteiger partial charge in [0, 0.05) is 19.6 Å². The van der Waals surface area contributed by atoms with Crippen LogP contribution in [-0.2, 0) is 16.1 Å². The van der Waals surface area contributed by atoms with E-state index in [9.17, 15) is 9.59 Å². The first-order valence-corrected chi connectivity index (χ1v) is 12.1. The molecule has 2 amide bonds. The van der Waals surface area contributed by atoms with Gasteiger partial charge in [0.25, 0.3) is 5.91 Å². The minimum Gasteiger partial charge on any atom is -0.445 e. The van der Waals surface area contributed by atoms with Gasteiger partial charge >= 0.3 is 6.09 Å². The maximum absolute atomic E-state index is 13.3. The van der Waals surface area contributed by atoms with Crippen LogP contribution in [0.3, 0.4) is 0 Å². The molecular weight excluding hydrogens is 404 g/mol. The Labute approximate surface area is 192 Å². The lowest BCUT2D eigenvalue weighted by atomic mass is 9.87. The van der Waals surface area contributed by atoms with Crippen LogP contribution in [0.4, 0.5) is 4.79 Å². The molecule has 32 heavy (non-hydrogen) atoms. The third-order valence-corrected chi connectivity index (χ3v) is 6.71. The molecule has 2 N–H and O–H groups in total. The van der Waals surface area contributed by atoms with Gasteiger partial charge in [0.1, 0.15) is 12.1 Å².